The largest absolute Gasteiger partial charge is 0.461 e. The Morgan fingerprint density at radius 1 is 1.24 bits per heavy atom. The molecule has 0 amide bonds. The summed E-state index contributed by atoms with van der Waals surface area (Å²) in [5, 5.41) is 18.3. The van der Waals surface area contributed by atoms with Crippen LogP contribution in [0.2, 0.25) is 0 Å². The molecule has 0 aliphatic carbocycles. The molecule has 4 heterocycles. The Balaban J connectivity index is 1.60. The fourth-order valence-electron chi connectivity index (χ4n) is 6.74. The van der Waals surface area contributed by atoms with Crippen LogP contribution in [0.5, 0.6) is 6.01 Å². The third kappa shape index (κ3) is 5.21. The van der Waals surface area contributed by atoms with Gasteiger partial charge in [-0.3, -0.25) is 4.90 Å². The van der Waals surface area contributed by atoms with Gasteiger partial charge in [0.1, 0.15) is 41.0 Å². The standard InChI is InChI=1S/C31H27F6N7OS/c1-2-43(9-4-8-38)28-18-11-20(31(35,36)37)23(17-5-6-21(33)26-22(17)19(13-39)27(40)46-26)24(34)25(18)41-29(42-28)45-15-30-7-3-10-44(30)14-16(32)12-30/h5-6,11,16H,2-4,7,9-10,12,14-15,40H2,1H3. The van der Waals surface area contributed by atoms with Crippen LogP contribution in [0.25, 0.3) is 32.1 Å². The van der Waals surface area contributed by atoms with Gasteiger partial charge in [0.05, 0.1) is 33.9 Å². The van der Waals surface area contributed by atoms with Gasteiger partial charge in [-0.25, -0.2) is 13.2 Å². The van der Waals surface area contributed by atoms with Crippen LogP contribution >= 0.6 is 11.3 Å². The van der Waals surface area contributed by atoms with E-state index < -0.39 is 46.2 Å². The maximum atomic E-state index is 16.8. The van der Waals surface area contributed by atoms with Crippen molar-refractivity contribution in [2.75, 3.05) is 43.4 Å². The average Bonchev–Trinajstić information content (AvgIpc) is 3.66. The van der Waals surface area contributed by atoms with Crippen LogP contribution in [0.1, 0.15) is 43.7 Å². The van der Waals surface area contributed by atoms with E-state index in [0.717, 1.165) is 24.6 Å². The fourth-order valence-corrected chi connectivity index (χ4v) is 7.69. The molecule has 4 aromatic rings. The molecule has 0 spiro atoms. The Bertz CT molecular complexity index is 1930. The van der Waals surface area contributed by atoms with E-state index in [9.17, 15) is 32.5 Å². The van der Waals surface area contributed by atoms with E-state index in [1.165, 1.54) is 4.90 Å². The summed E-state index contributed by atoms with van der Waals surface area (Å²) in [5.74, 6) is -2.29. The topological polar surface area (TPSA) is 115 Å². The van der Waals surface area contributed by atoms with Crippen molar-refractivity contribution in [1.82, 2.24) is 14.9 Å². The van der Waals surface area contributed by atoms with Gasteiger partial charge < -0.3 is 15.4 Å². The van der Waals surface area contributed by atoms with Crippen molar-refractivity contribution in [2.24, 2.45) is 0 Å². The predicted octanol–water partition coefficient (Wildman–Crippen LogP) is 6.96. The zero-order valence-electron chi connectivity index (χ0n) is 24.5. The molecule has 2 aromatic carbocycles. The maximum absolute atomic E-state index is 16.8. The monoisotopic (exact) mass is 659 g/mol. The Morgan fingerprint density at radius 3 is 2.72 bits per heavy atom. The first-order valence-corrected chi connectivity index (χ1v) is 15.4. The number of benzene rings is 2. The number of nitrogen functional groups attached to an aromatic ring is 1. The van der Waals surface area contributed by atoms with E-state index in [4.69, 9.17) is 10.5 Å². The molecule has 6 rings (SSSR count). The minimum atomic E-state index is -5.11. The number of nitrogens with zero attached hydrogens (tertiary/aromatic N) is 6. The molecule has 2 unspecified atom stereocenters. The van der Waals surface area contributed by atoms with Gasteiger partial charge in [0, 0.05) is 42.4 Å². The van der Waals surface area contributed by atoms with Gasteiger partial charge in [0.15, 0.2) is 5.82 Å². The van der Waals surface area contributed by atoms with Crippen LogP contribution in [-0.2, 0) is 6.18 Å². The van der Waals surface area contributed by atoms with Crippen molar-refractivity contribution in [3.8, 4) is 29.3 Å². The first kappa shape index (κ1) is 31.6. The number of thiophene rings is 1. The minimum Gasteiger partial charge on any atom is -0.461 e. The highest BCUT2D eigenvalue weighted by atomic mass is 32.1. The number of nitriles is 2. The van der Waals surface area contributed by atoms with Crippen LogP contribution in [0, 0.1) is 34.3 Å². The van der Waals surface area contributed by atoms with Crippen molar-refractivity contribution >= 4 is 43.1 Å². The molecule has 0 bridgehead atoms. The molecule has 2 aliphatic rings. The van der Waals surface area contributed by atoms with E-state index in [-0.39, 0.29) is 82.5 Å². The summed E-state index contributed by atoms with van der Waals surface area (Å²) in [4.78, 5) is 12.2. The molecule has 240 valence electrons. The lowest BCUT2D eigenvalue weighted by Crippen LogP contribution is -2.43. The molecular formula is C31H27F6N7OS. The van der Waals surface area contributed by atoms with Crippen molar-refractivity contribution in [1.29, 1.82) is 10.5 Å². The summed E-state index contributed by atoms with van der Waals surface area (Å²) in [6, 6.07) is 6.06. The van der Waals surface area contributed by atoms with E-state index in [1.54, 1.807) is 13.0 Å². The highest BCUT2D eigenvalue weighted by Crippen LogP contribution is 2.48. The van der Waals surface area contributed by atoms with Crippen LogP contribution in [-0.4, -0.2) is 59.4 Å². The van der Waals surface area contributed by atoms with Gasteiger partial charge >= 0.3 is 12.2 Å². The molecule has 2 saturated heterocycles. The number of alkyl halides is 4. The van der Waals surface area contributed by atoms with Gasteiger partial charge in [-0.05, 0) is 44.0 Å². The Kier molecular flexibility index (Phi) is 8.11. The van der Waals surface area contributed by atoms with Crippen molar-refractivity contribution in [3.05, 3.63) is 41.0 Å². The van der Waals surface area contributed by atoms with E-state index in [2.05, 4.69) is 9.97 Å². The van der Waals surface area contributed by atoms with Crippen LogP contribution in [0.3, 0.4) is 0 Å². The summed E-state index contributed by atoms with van der Waals surface area (Å²) >= 11 is 0.674. The number of aromatic nitrogens is 2. The van der Waals surface area contributed by atoms with Gasteiger partial charge in [-0.2, -0.15) is 33.7 Å². The summed E-state index contributed by atoms with van der Waals surface area (Å²) in [6.07, 6.45) is -4.42. The number of anilines is 2. The first-order chi connectivity index (χ1) is 21.9. The number of halogens is 6. The molecule has 2 aliphatic heterocycles. The Hall–Kier alpha value is -4.34. The number of ether oxygens (including phenoxy) is 1. The van der Waals surface area contributed by atoms with Gasteiger partial charge in [0.2, 0.25) is 0 Å². The Morgan fingerprint density at radius 2 is 2.02 bits per heavy atom. The van der Waals surface area contributed by atoms with Crippen molar-refractivity contribution in [3.63, 3.8) is 0 Å². The average molecular weight is 660 g/mol. The fraction of sp³-hybridized carbons (Fsp3) is 0.419. The molecule has 2 aromatic heterocycles. The second-order valence-electron chi connectivity index (χ2n) is 11.4. The van der Waals surface area contributed by atoms with E-state index in [0.29, 0.717) is 24.3 Å². The van der Waals surface area contributed by atoms with Crippen LogP contribution in [0.15, 0.2) is 18.2 Å². The summed E-state index contributed by atoms with van der Waals surface area (Å²) < 4.78 is 96.1. The zero-order chi connectivity index (χ0) is 33.0. The van der Waals surface area contributed by atoms with Crippen molar-refractivity contribution in [2.45, 2.75) is 50.5 Å². The third-order valence-electron chi connectivity index (χ3n) is 8.80. The zero-order valence-corrected chi connectivity index (χ0v) is 25.3. The molecule has 2 fully saturated rings. The lowest BCUT2D eigenvalue weighted by Gasteiger charge is -2.31. The molecular weight excluding hydrogens is 632 g/mol. The normalized spacial score (nSPS) is 19.8. The van der Waals surface area contributed by atoms with Gasteiger partial charge in [-0.15, -0.1) is 11.3 Å². The van der Waals surface area contributed by atoms with Crippen LogP contribution in [0.4, 0.5) is 37.2 Å². The lowest BCUT2D eigenvalue weighted by atomic mass is 9.92. The lowest BCUT2D eigenvalue weighted by molar-refractivity contribution is -0.137. The number of rotatable bonds is 8. The van der Waals surface area contributed by atoms with E-state index in [1.807, 2.05) is 11.0 Å². The Labute approximate surface area is 263 Å². The number of hydrogen-bond acceptors (Lipinski definition) is 9. The van der Waals surface area contributed by atoms with Gasteiger partial charge in [0.25, 0.3) is 0 Å². The quantitative estimate of drug-likeness (QED) is 0.202. The number of nitrogens with two attached hydrogens (primary N) is 1. The molecule has 46 heavy (non-hydrogen) atoms. The summed E-state index contributed by atoms with van der Waals surface area (Å²) in [7, 11) is 0. The SMILES string of the molecule is CCN(CCC#N)c1nc(OCC23CCCN2CC(F)C3)nc2c(F)c(-c3ccc(F)c4sc(N)c(C#N)c34)c(C(F)(F)F)cc12. The smallest absolute Gasteiger partial charge is 0.417 e. The molecule has 2 atom stereocenters. The van der Waals surface area contributed by atoms with Crippen LogP contribution < -0.4 is 15.4 Å². The number of fused-ring (bicyclic) bond motifs is 3. The van der Waals surface area contributed by atoms with E-state index >= 15 is 4.39 Å². The highest BCUT2D eigenvalue weighted by molar-refractivity contribution is 7.23. The maximum Gasteiger partial charge on any atom is 0.417 e. The minimum absolute atomic E-state index is 0.00224. The third-order valence-corrected chi connectivity index (χ3v) is 9.83. The van der Waals surface area contributed by atoms with Crippen molar-refractivity contribution < 1.29 is 31.1 Å². The molecule has 0 saturated carbocycles. The second kappa shape index (κ2) is 11.8. The molecule has 2 N–H and O–H groups in total. The highest BCUT2D eigenvalue weighted by Gasteiger charge is 2.49. The van der Waals surface area contributed by atoms with Gasteiger partial charge in [-0.1, -0.05) is 6.07 Å². The second-order valence-corrected chi connectivity index (χ2v) is 12.5. The first-order valence-electron chi connectivity index (χ1n) is 14.6. The molecule has 0 radical (unpaired) electrons. The predicted molar refractivity (Wildman–Crippen MR) is 161 cm³/mol. The summed E-state index contributed by atoms with van der Waals surface area (Å²) in [6.45, 7) is 2.91. The number of hydrogen-bond donors (Lipinski definition) is 1. The molecule has 15 heteroatoms. The summed E-state index contributed by atoms with van der Waals surface area (Å²) in [5.41, 5.74) is 1.81. The molecule has 8 nitrogen and oxygen atoms in total.